The second kappa shape index (κ2) is 8.06. The molecule has 124 valence electrons. The van der Waals surface area contributed by atoms with E-state index in [-0.39, 0.29) is 6.61 Å². The highest BCUT2D eigenvalue weighted by Gasteiger charge is 2.16. The van der Waals surface area contributed by atoms with Gasteiger partial charge in [-0.05, 0) is 37.1 Å². The minimum absolute atomic E-state index is 0.281. The van der Waals surface area contributed by atoms with Crippen molar-refractivity contribution in [2.24, 2.45) is 0 Å². The van der Waals surface area contributed by atoms with Gasteiger partial charge in [0.05, 0.1) is 4.90 Å². The van der Waals surface area contributed by atoms with E-state index in [2.05, 4.69) is 9.80 Å². The molecule has 22 heavy (non-hydrogen) atoms. The first-order valence-electron chi connectivity index (χ1n) is 7.83. The van der Waals surface area contributed by atoms with Crippen LogP contribution in [0.15, 0.2) is 29.2 Å². The lowest BCUT2D eigenvalue weighted by molar-refractivity contribution is 0.123. The lowest BCUT2D eigenvalue weighted by Gasteiger charge is -2.34. The molecule has 1 N–H and O–H groups in total. The van der Waals surface area contributed by atoms with E-state index in [1.54, 1.807) is 12.1 Å². The van der Waals surface area contributed by atoms with Gasteiger partial charge < -0.3 is 10.0 Å². The molecule has 1 heterocycles. The van der Waals surface area contributed by atoms with Crippen molar-refractivity contribution in [2.45, 2.75) is 24.3 Å². The summed E-state index contributed by atoms with van der Waals surface area (Å²) in [4.78, 5) is 5.22. The number of piperazine rings is 1. The molecule has 1 aliphatic rings. The molecular weight excluding hydrogens is 300 g/mol. The molecule has 0 aliphatic carbocycles. The maximum absolute atomic E-state index is 11.4. The van der Waals surface area contributed by atoms with Crippen LogP contribution >= 0.6 is 0 Å². The van der Waals surface area contributed by atoms with Gasteiger partial charge in [-0.1, -0.05) is 12.1 Å². The molecule has 0 spiro atoms. The molecule has 0 amide bonds. The van der Waals surface area contributed by atoms with Crippen LogP contribution in [-0.4, -0.2) is 68.9 Å². The van der Waals surface area contributed by atoms with Crippen molar-refractivity contribution >= 4 is 9.84 Å². The van der Waals surface area contributed by atoms with Crippen LogP contribution in [0.4, 0.5) is 0 Å². The van der Waals surface area contributed by atoms with Crippen LogP contribution in [0.1, 0.15) is 18.4 Å². The van der Waals surface area contributed by atoms with E-state index in [1.165, 1.54) is 6.26 Å². The highest BCUT2D eigenvalue weighted by Crippen LogP contribution is 2.13. The van der Waals surface area contributed by atoms with E-state index in [0.29, 0.717) is 4.90 Å². The van der Waals surface area contributed by atoms with E-state index in [9.17, 15) is 8.42 Å². The number of hydrogen-bond acceptors (Lipinski definition) is 5. The van der Waals surface area contributed by atoms with Crippen LogP contribution in [0.3, 0.4) is 0 Å². The van der Waals surface area contributed by atoms with Gasteiger partial charge in [-0.2, -0.15) is 0 Å². The lowest BCUT2D eigenvalue weighted by Crippen LogP contribution is -2.46. The zero-order valence-electron chi connectivity index (χ0n) is 13.2. The standard InChI is InChI=1S/C16H26N2O3S/c1-22(20,21)16-6-4-15(5-7-16)14-18-11-9-17(10-12-18)8-2-3-13-19/h4-7,19H,2-3,8-14H2,1H3. The number of sulfone groups is 1. The van der Waals surface area contributed by atoms with Crippen molar-refractivity contribution in [1.29, 1.82) is 0 Å². The number of aliphatic hydroxyl groups is 1. The third kappa shape index (κ3) is 5.35. The smallest absolute Gasteiger partial charge is 0.175 e. The van der Waals surface area contributed by atoms with Crippen LogP contribution in [-0.2, 0) is 16.4 Å². The Morgan fingerprint density at radius 1 is 1.00 bits per heavy atom. The van der Waals surface area contributed by atoms with Gasteiger partial charge in [0.1, 0.15) is 0 Å². The summed E-state index contributed by atoms with van der Waals surface area (Å²) in [5.41, 5.74) is 1.15. The third-order valence-electron chi connectivity index (χ3n) is 4.11. The van der Waals surface area contributed by atoms with Gasteiger partial charge in [0, 0.05) is 45.6 Å². The lowest BCUT2D eigenvalue weighted by atomic mass is 10.2. The monoisotopic (exact) mass is 326 g/mol. The average Bonchev–Trinajstić information content (AvgIpc) is 2.49. The normalized spacial score (nSPS) is 17.7. The Hall–Kier alpha value is -0.950. The molecule has 1 aliphatic heterocycles. The van der Waals surface area contributed by atoms with E-state index in [4.69, 9.17) is 5.11 Å². The molecule has 0 saturated carbocycles. The first-order chi connectivity index (χ1) is 10.5. The van der Waals surface area contributed by atoms with Gasteiger partial charge in [-0.15, -0.1) is 0 Å². The summed E-state index contributed by atoms with van der Waals surface area (Å²) >= 11 is 0. The van der Waals surface area contributed by atoms with Gasteiger partial charge in [0.15, 0.2) is 9.84 Å². The second-order valence-electron chi connectivity index (χ2n) is 5.96. The second-order valence-corrected chi connectivity index (χ2v) is 7.98. The molecule has 1 saturated heterocycles. The SMILES string of the molecule is CS(=O)(=O)c1ccc(CN2CCN(CCCCO)CC2)cc1. The molecule has 6 heteroatoms. The number of aliphatic hydroxyl groups excluding tert-OH is 1. The average molecular weight is 326 g/mol. The van der Waals surface area contributed by atoms with Crippen LogP contribution in [0.25, 0.3) is 0 Å². The molecule has 0 atom stereocenters. The largest absolute Gasteiger partial charge is 0.396 e. The first kappa shape index (κ1) is 17.4. The van der Waals surface area contributed by atoms with Crippen molar-refractivity contribution in [3.05, 3.63) is 29.8 Å². The molecule has 0 radical (unpaired) electrons. The number of hydrogen-bond donors (Lipinski definition) is 1. The van der Waals surface area contributed by atoms with E-state index < -0.39 is 9.84 Å². The Balaban J connectivity index is 1.78. The maximum atomic E-state index is 11.4. The highest BCUT2D eigenvalue weighted by atomic mass is 32.2. The molecule has 1 aromatic rings. The Morgan fingerprint density at radius 3 is 2.14 bits per heavy atom. The molecule has 1 aromatic carbocycles. The minimum Gasteiger partial charge on any atom is -0.396 e. The van der Waals surface area contributed by atoms with Gasteiger partial charge in [-0.3, -0.25) is 4.90 Å². The fourth-order valence-electron chi connectivity index (χ4n) is 2.72. The van der Waals surface area contributed by atoms with E-state index >= 15 is 0 Å². The quantitative estimate of drug-likeness (QED) is 0.757. The Morgan fingerprint density at radius 2 is 1.59 bits per heavy atom. The summed E-state index contributed by atoms with van der Waals surface area (Å²) in [6.07, 6.45) is 3.17. The summed E-state index contributed by atoms with van der Waals surface area (Å²) in [5.74, 6) is 0. The first-order valence-corrected chi connectivity index (χ1v) is 9.73. The van der Waals surface area contributed by atoms with Crippen LogP contribution in [0.5, 0.6) is 0 Å². The fraction of sp³-hybridized carbons (Fsp3) is 0.625. The molecule has 2 rings (SSSR count). The number of nitrogens with zero attached hydrogens (tertiary/aromatic N) is 2. The van der Waals surface area contributed by atoms with Gasteiger partial charge >= 0.3 is 0 Å². The predicted octanol–water partition coefficient (Wildman–Crippen LogP) is 0.980. The van der Waals surface area contributed by atoms with Crippen LogP contribution < -0.4 is 0 Å². The molecule has 5 nitrogen and oxygen atoms in total. The molecular formula is C16H26N2O3S. The molecule has 0 unspecified atom stereocenters. The summed E-state index contributed by atoms with van der Waals surface area (Å²) in [7, 11) is -3.11. The Bertz CT molecular complexity index is 549. The third-order valence-corrected chi connectivity index (χ3v) is 5.23. The van der Waals surface area contributed by atoms with Crippen molar-refractivity contribution in [2.75, 3.05) is 45.6 Å². The summed E-state index contributed by atoms with van der Waals surface area (Å²) in [6.45, 7) is 6.41. The van der Waals surface area contributed by atoms with Crippen LogP contribution in [0, 0.1) is 0 Å². The Labute approximate surface area is 133 Å². The zero-order chi connectivity index (χ0) is 16.0. The van der Waals surface area contributed by atoms with Crippen molar-refractivity contribution in [1.82, 2.24) is 9.80 Å². The summed E-state index contributed by atoms with van der Waals surface area (Å²) < 4.78 is 22.9. The van der Waals surface area contributed by atoms with Crippen LogP contribution in [0.2, 0.25) is 0 Å². The predicted molar refractivity (Wildman–Crippen MR) is 87.6 cm³/mol. The van der Waals surface area contributed by atoms with E-state index in [0.717, 1.165) is 57.7 Å². The van der Waals surface area contributed by atoms with Gasteiger partial charge in [-0.25, -0.2) is 8.42 Å². The Kier molecular flexibility index (Phi) is 6.37. The molecule has 1 fully saturated rings. The van der Waals surface area contributed by atoms with E-state index in [1.807, 2.05) is 12.1 Å². The van der Waals surface area contributed by atoms with Gasteiger partial charge in [0.25, 0.3) is 0 Å². The number of rotatable bonds is 7. The minimum atomic E-state index is -3.11. The maximum Gasteiger partial charge on any atom is 0.175 e. The van der Waals surface area contributed by atoms with Crippen molar-refractivity contribution in [3.8, 4) is 0 Å². The summed E-state index contributed by atoms with van der Waals surface area (Å²) in [6, 6.07) is 7.19. The van der Waals surface area contributed by atoms with Gasteiger partial charge in [0.2, 0.25) is 0 Å². The molecule has 0 aromatic heterocycles. The number of unbranched alkanes of at least 4 members (excludes halogenated alkanes) is 1. The van der Waals surface area contributed by atoms with Crippen molar-refractivity contribution < 1.29 is 13.5 Å². The molecule has 0 bridgehead atoms. The van der Waals surface area contributed by atoms with Crippen molar-refractivity contribution in [3.63, 3.8) is 0 Å². The number of benzene rings is 1. The summed E-state index contributed by atoms with van der Waals surface area (Å²) in [5, 5.41) is 8.81. The topological polar surface area (TPSA) is 60.9 Å². The zero-order valence-corrected chi connectivity index (χ0v) is 14.1. The fourth-order valence-corrected chi connectivity index (χ4v) is 3.35. The highest BCUT2D eigenvalue weighted by molar-refractivity contribution is 7.90.